The SMILES string of the molecule is COc1cccc(C(O)Cc2cc(Cl)ccc2OC)n1. The van der Waals surface area contributed by atoms with Gasteiger partial charge in [-0.05, 0) is 29.8 Å². The summed E-state index contributed by atoms with van der Waals surface area (Å²) in [6, 6.07) is 10.6. The number of aliphatic hydroxyl groups excluding tert-OH is 1. The van der Waals surface area contributed by atoms with Crippen LogP contribution in [0.25, 0.3) is 0 Å². The molecular weight excluding hydrogens is 278 g/mol. The van der Waals surface area contributed by atoms with Crippen molar-refractivity contribution in [3.63, 3.8) is 0 Å². The van der Waals surface area contributed by atoms with Crippen molar-refractivity contribution in [3.8, 4) is 11.6 Å². The number of benzene rings is 1. The Hall–Kier alpha value is -1.78. The second kappa shape index (κ2) is 6.59. The van der Waals surface area contributed by atoms with Crippen LogP contribution in [0.3, 0.4) is 0 Å². The summed E-state index contributed by atoms with van der Waals surface area (Å²) in [4.78, 5) is 4.22. The van der Waals surface area contributed by atoms with Crippen LogP contribution in [0.1, 0.15) is 17.4 Å². The van der Waals surface area contributed by atoms with Gasteiger partial charge in [-0.3, -0.25) is 0 Å². The maximum atomic E-state index is 10.3. The maximum absolute atomic E-state index is 10.3. The average molecular weight is 294 g/mol. The molecule has 106 valence electrons. The summed E-state index contributed by atoms with van der Waals surface area (Å²) in [7, 11) is 3.13. The summed E-state index contributed by atoms with van der Waals surface area (Å²) in [6.45, 7) is 0. The minimum Gasteiger partial charge on any atom is -0.496 e. The molecule has 5 heteroatoms. The number of aromatic nitrogens is 1. The molecule has 1 unspecified atom stereocenters. The number of ether oxygens (including phenoxy) is 2. The quantitative estimate of drug-likeness (QED) is 0.920. The highest BCUT2D eigenvalue weighted by molar-refractivity contribution is 6.30. The van der Waals surface area contributed by atoms with Crippen LogP contribution in [0.5, 0.6) is 11.6 Å². The molecular formula is C15H16ClNO3. The van der Waals surface area contributed by atoms with Crippen molar-refractivity contribution in [3.05, 3.63) is 52.7 Å². The van der Waals surface area contributed by atoms with Gasteiger partial charge < -0.3 is 14.6 Å². The largest absolute Gasteiger partial charge is 0.496 e. The van der Waals surface area contributed by atoms with E-state index >= 15 is 0 Å². The van der Waals surface area contributed by atoms with Crippen molar-refractivity contribution < 1.29 is 14.6 Å². The minimum absolute atomic E-state index is 0.365. The molecule has 0 aliphatic heterocycles. The number of hydrogen-bond donors (Lipinski definition) is 1. The summed E-state index contributed by atoms with van der Waals surface area (Å²) in [5.74, 6) is 1.16. The molecule has 0 amide bonds. The Morgan fingerprint density at radius 2 is 2.00 bits per heavy atom. The lowest BCUT2D eigenvalue weighted by Gasteiger charge is -2.14. The predicted octanol–water partition coefficient (Wildman–Crippen LogP) is 3.03. The number of halogens is 1. The summed E-state index contributed by atoms with van der Waals surface area (Å²) in [5, 5.41) is 10.9. The molecule has 1 N–H and O–H groups in total. The molecule has 2 aromatic rings. The third kappa shape index (κ3) is 3.40. The molecule has 1 heterocycles. The van der Waals surface area contributed by atoms with Crippen LogP contribution in [0.15, 0.2) is 36.4 Å². The van der Waals surface area contributed by atoms with Gasteiger partial charge in [0.15, 0.2) is 0 Å². The third-order valence-electron chi connectivity index (χ3n) is 2.95. The summed E-state index contributed by atoms with van der Waals surface area (Å²) < 4.78 is 10.3. The van der Waals surface area contributed by atoms with E-state index in [1.54, 1.807) is 50.6 Å². The van der Waals surface area contributed by atoms with Gasteiger partial charge in [-0.15, -0.1) is 0 Å². The van der Waals surface area contributed by atoms with Crippen LogP contribution in [0.2, 0.25) is 5.02 Å². The van der Waals surface area contributed by atoms with Gasteiger partial charge in [0.2, 0.25) is 5.88 Å². The monoisotopic (exact) mass is 293 g/mol. The summed E-state index contributed by atoms with van der Waals surface area (Å²) in [6.07, 6.45) is -0.387. The molecule has 1 atom stereocenters. The fourth-order valence-electron chi connectivity index (χ4n) is 1.95. The second-order valence-electron chi connectivity index (χ2n) is 4.28. The standard InChI is InChI=1S/C15H16ClNO3/c1-19-14-7-6-11(16)8-10(14)9-13(18)12-4-3-5-15(17-12)20-2/h3-8,13,18H,9H2,1-2H3. The zero-order chi connectivity index (χ0) is 14.5. The number of methoxy groups -OCH3 is 2. The predicted molar refractivity (Wildman–Crippen MR) is 77.5 cm³/mol. The Morgan fingerprint density at radius 1 is 1.20 bits per heavy atom. The molecule has 4 nitrogen and oxygen atoms in total. The van der Waals surface area contributed by atoms with Crippen LogP contribution in [-0.4, -0.2) is 24.3 Å². The molecule has 0 aliphatic carbocycles. The molecule has 0 bridgehead atoms. The van der Waals surface area contributed by atoms with Crippen LogP contribution < -0.4 is 9.47 Å². The Kier molecular flexibility index (Phi) is 4.82. The van der Waals surface area contributed by atoms with E-state index in [0.29, 0.717) is 28.8 Å². The van der Waals surface area contributed by atoms with E-state index in [9.17, 15) is 5.11 Å². The Labute approximate surface area is 122 Å². The number of nitrogens with zero attached hydrogens (tertiary/aromatic N) is 1. The molecule has 1 aromatic carbocycles. The van der Waals surface area contributed by atoms with E-state index in [2.05, 4.69) is 4.98 Å². The first-order valence-corrected chi connectivity index (χ1v) is 6.53. The van der Waals surface area contributed by atoms with Gasteiger partial charge in [0.25, 0.3) is 0 Å². The van der Waals surface area contributed by atoms with Gasteiger partial charge in [0, 0.05) is 17.5 Å². The normalized spacial score (nSPS) is 12.0. The van der Waals surface area contributed by atoms with Gasteiger partial charge in [0.1, 0.15) is 11.9 Å². The topological polar surface area (TPSA) is 51.6 Å². The van der Waals surface area contributed by atoms with Gasteiger partial charge in [-0.2, -0.15) is 0 Å². The van der Waals surface area contributed by atoms with Crippen molar-refractivity contribution in [1.82, 2.24) is 4.98 Å². The van der Waals surface area contributed by atoms with Gasteiger partial charge in [-0.1, -0.05) is 17.7 Å². The Morgan fingerprint density at radius 3 is 2.70 bits per heavy atom. The number of pyridine rings is 1. The lowest BCUT2D eigenvalue weighted by Crippen LogP contribution is -2.06. The van der Waals surface area contributed by atoms with E-state index in [1.807, 2.05) is 0 Å². The highest BCUT2D eigenvalue weighted by Crippen LogP contribution is 2.27. The van der Waals surface area contributed by atoms with Gasteiger partial charge in [-0.25, -0.2) is 4.98 Å². The Balaban J connectivity index is 2.22. The second-order valence-corrected chi connectivity index (χ2v) is 4.72. The zero-order valence-corrected chi connectivity index (χ0v) is 12.1. The molecule has 0 saturated heterocycles. The van der Waals surface area contributed by atoms with Gasteiger partial charge in [0.05, 0.1) is 19.9 Å². The van der Waals surface area contributed by atoms with Crippen molar-refractivity contribution in [1.29, 1.82) is 0 Å². The van der Waals surface area contributed by atoms with Crippen LogP contribution in [-0.2, 0) is 6.42 Å². The van der Waals surface area contributed by atoms with Crippen LogP contribution >= 0.6 is 11.6 Å². The molecule has 0 spiro atoms. The molecule has 0 fully saturated rings. The van der Waals surface area contributed by atoms with Crippen LogP contribution in [0, 0.1) is 0 Å². The fourth-order valence-corrected chi connectivity index (χ4v) is 2.14. The van der Waals surface area contributed by atoms with E-state index in [-0.39, 0.29) is 0 Å². The maximum Gasteiger partial charge on any atom is 0.213 e. The first kappa shape index (κ1) is 14.6. The van der Waals surface area contributed by atoms with Crippen molar-refractivity contribution in [2.75, 3.05) is 14.2 Å². The number of rotatable bonds is 5. The smallest absolute Gasteiger partial charge is 0.213 e. The lowest BCUT2D eigenvalue weighted by molar-refractivity contribution is 0.171. The lowest BCUT2D eigenvalue weighted by atomic mass is 10.0. The first-order chi connectivity index (χ1) is 9.63. The minimum atomic E-state index is -0.752. The number of aliphatic hydroxyl groups is 1. The van der Waals surface area contributed by atoms with E-state index in [4.69, 9.17) is 21.1 Å². The first-order valence-electron chi connectivity index (χ1n) is 6.15. The van der Waals surface area contributed by atoms with E-state index in [1.165, 1.54) is 0 Å². The zero-order valence-electron chi connectivity index (χ0n) is 11.3. The molecule has 0 radical (unpaired) electrons. The number of hydrogen-bond acceptors (Lipinski definition) is 4. The molecule has 1 aromatic heterocycles. The van der Waals surface area contributed by atoms with Crippen LogP contribution in [0.4, 0.5) is 0 Å². The molecule has 0 saturated carbocycles. The third-order valence-corrected chi connectivity index (χ3v) is 3.19. The fraction of sp³-hybridized carbons (Fsp3) is 0.267. The van der Waals surface area contributed by atoms with E-state index in [0.717, 1.165) is 5.56 Å². The van der Waals surface area contributed by atoms with Crippen molar-refractivity contribution in [2.24, 2.45) is 0 Å². The molecule has 0 aliphatic rings. The van der Waals surface area contributed by atoms with Crippen molar-refractivity contribution in [2.45, 2.75) is 12.5 Å². The van der Waals surface area contributed by atoms with Gasteiger partial charge >= 0.3 is 0 Å². The van der Waals surface area contributed by atoms with Crippen molar-refractivity contribution >= 4 is 11.6 Å². The Bertz CT molecular complexity index is 589. The molecule has 20 heavy (non-hydrogen) atoms. The summed E-state index contributed by atoms with van der Waals surface area (Å²) >= 11 is 5.98. The highest BCUT2D eigenvalue weighted by Gasteiger charge is 2.14. The summed E-state index contributed by atoms with van der Waals surface area (Å²) in [5.41, 5.74) is 1.38. The molecule has 2 rings (SSSR count). The highest BCUT2D eigenvalue weighted by atomic mass is 35.5. The average Bonchev–Trinajstić information content (AvgIpc) is 2.47. The van der Waals surface area contributed by atoms with E-state index < -0.39 is 6.10 Å².